The number of rotatable bonds is 10. The van der Waals surface area contributed by atoms with Gasteiger partial charge in [0.25, 0.3) is 5.91 Å². The van der Waals surface area contributed by atoms with Crippen LogP contribution in [-0.4, -0.2) is 57.3 Å². The zero-order chi connectivity index (χ0) is 24.3. The summed E-state index contributed by atoms with van der Waals surface area (Å²) in [6.45, 7) is 3.80. The first-order chi connectivity index (χ1) is 16.3. The first kappa shape index (κ1) is 24.0. The third-order valence-electron chi connectivity index (χ3n) is 4.95. The molecule has 0 radical (unpaired) electrons. The van der Waals surface area contributed by atoms with Crippen molar-refractivity contribution in [2.75, 3.05) is 11.3 Å². The van der Waals surface area contributed by atoms with E-state index in [1.165, 1.54) is 37.6 Å². The van der Waals surface area contributed by atoms with Gasteiger partial charge < -0.3 is 15.2 Å². The van der Waals surface area contributed by atoms with Gasteiger partial charge in [-0.15, -0.1) is 11.3 Å². The molecule has 180 valence electrons. The van der Waals surface area contributed by atoms with E-state index in [2.05, 4.69) is 30.0 Å². The largest absolute Gasteiger partial charge is 0.477 e. The summed E-state index contributed by atoms with van der Waals surface area (Å²) in [5, 5.41) is 12.8. The number of aromatic nitrogens is 4. The Morgan fingerprint density at radius 2 is 2.09 bits per heavy atom. The molecular weight excluding hydrogens is 480 g/mol. The maximum atomic E-state index is 12.9. The van der Waals surface area contributed by atoms with Crippen molar-refractivity contribution in [3.63, 3.8) is 0 Å². The van der Waals surface area contributed by atoms with E-state index >= 15 is 0 Å². The minimum Gasteiger partial charge on any atom is -0.477 e. The number of pyridine rings is 1. The zero-order valence-electron chi connectivity index (χ0n) is 18.5. The number of anilines is 1. The molecule has 3 N–H and O–H groups in total. The lowest BCUT2D eigenvalue weighted by molar-refractivity contribution is 0.0854. The van der Waals surface area contributed by atoms with Gasteiger partial charge in [0.1, 0.15) is 5.69 Å². The lowest BCUT2D eigenvalue weighted by atomic mass is 10.1. The molecular formula is C21H24N6O5S2. The minimum atomic E-state index is -3.46. The Balaban J connectivity index is 1.50. The molecule has 3 aromatic heterocycles. The number of nitrogens with zero attached hydrogens (tertiary/aromatic N) is 4. The number of sulfonamides is 1. The summed E-state index contributed by atoms with van der Waals surface area (Å²) >= 11 is 1.12. The SMILES string of the molecule is CCOc1cncc(-c2cnc(C(=O)N[C@H](c3cc(NS(=O)(=O)C4CC4)ccn3)[C@H](C)O)s2)n1. The molecule has 3 aromatic rings. The fraction of sp³-hybridized carbons (Fsp3) is 0.381. The van der Waals surface area contributed by atoms with Crippen LogP contribution in [0.25, 0.3) is 10.6 Å². The average Bonchev–Trinajstić information content (AvgIpc) is 3.55. The highest BCUT2D eigenvalue weighted by atomic mass is 32.2. The van der Waals surface area contributed by atoms with Gasteiger partial charge in [0.2, 0.25) is 15.9 Å². The molecule has 1 aliphatic carbocycles. The van der Waals surface area contributed by atoms with Gasteiger partial charge in [-0.3, -0.25) is 19.5 Å². The molecule has 4 rings (SSSR count). The number of aliphatic hydroxyl groups excluding tert-OH is 1. The summed E-state index contributed by atoms with van der Waals surface area (Å²) in [6.07, 6.45) is 6.26. The molecule has 13 heteroatoms. The van der Waals surface area contributed by atoms with Crippen LogP contribution in [0.3, 0.4) is 0 Å². The van der Waals surface area contributed by atoms with Crippen molar-refractivity contribution in [3.05, 3.63) is 47.6 Å². The molecule has 1 amide bonds. The van der Waals surface area contributed by atoms with Crippen LogP contribution in [0.2, 0.25) is 0 Å². The van der Waals surface area contributed by atoms with Crippen LogP contribution >= 0.6 is 11.3 Å². The number of carbonyl (C=O) groups excluding carboxylic acids is 1. The Morgan fingerprint density at radius 3 is 2.79 bits per heavy atom. The van der Waals surface area contributed by atoms with Gasteiger partial charge >= 0.3 is 0 Å². The van der Waals surface area contributed by atoms with Gasteiger partial charge in [-0.2, -0.15) is 0 Å². The standard InChI is InChI=1S/C21H24N6O5S2/c1-3-32-18-11-22-9-16(25-18)17-10-24-21(33-17)20(29)26-19(12(2)28)15-8-13(6-7-23-15)27-34(30,31)14-4-5-14/h6-12,14,19,28H,3-5H2,1-2H3,(H,23,27)(H,26,29)/t12-,19-/m0/s1. The van der Waals surface area contributed by atoms with Crippen molar-refractivity contribution in [1.29, 1.82) is 0 Å². The van der Waals surface area contributed by atoms with E-state index in [9.17, 15) is 18.3 Å². The Kier molecular flexibility index (Phi) is 7.05. The van der Waals surface area contributed by atoms with Gasteiger partial charge in [0.05, 0.1) is 52.7 Å². The van der Waals surface area contributed by atoms with Crippen molar-refractivity contribution >= 4 is 33.0 Å². The predicted octanol–water partition coefficient (Wildman–Crippen LogP) is 2.15. The van der Waals surface area contributed by atoms with Gasteiger partial charge in [-0.25, -0.2) is 18.4 Å². The molecule has 0 saturated heterocycles. The zero-order valence-corrected chi connectivity index (χ0v) is 20.1. The van der Waals surface area contributed by atoms with Crippen LogP contribution < -0.4 is 14.8 Å². The fourth-order valence-electron chi connectivity index (χ4n) is 3.13. The number of carbonyl (C=O) groups is 1. The highest BCUT2D eigenvalue weighted by molar-refractivity contribution is 7.93. The highest BCUT2D eigenvalue weighted by Gasteiger charge is 2.36. The number of amides is 1. The summed E-state index contributed by atoms with van der Waals surface area (Å²) < 4.78 is 32.4. The molecule has 0 bridgehead atoms. The summed E-state index contributed by atoms with van der Waals surface area (Å²) in [5.74, 6) is -0.140. The number of ether oxygens (including phenoxy) is 1. The fourth-order valence-corrected chi connectivity index (χ4v) is 5.29. The van der Waals surface area contributed by atoms with Gasteiger partial charge in [-0.1, -0.05) is 0 Å². The van der Waals surface area contributed by atoms with Crippen LogP contribution in [-0.2, 0) is 10.0 Å². The van der Waals surface area contributed by atoms with Crippen LogP contribution in [0.1, 0.15) is 48.2 Å². The lowest BCUT2D eigenvalue weighted by Crippen LogP contribution is -2.35. The summed E-state index contributed by atoms with van der Waals surface area (Å²) in [7, 11) is -3.46. The molecule has 0 aromatic carbocycles. The molecule has 0 unspecified atom stereocenters. The third-order valence-corrected chi connectivity index (χ3v) is 7.84. The third kappa shape index (κ3) is 5.66. The second-order valence-electron chi connectivity index (χ2n) is 7.71. The van der Waals surface area contributed by atoms with Crippen LogP contribution in [0, 0.1) is 0 Å². The summed E-state index contributed by atoms with van der Waals surface area (Å²) in [4.78, 5) is 30.3. The second kappa shape index (κ2) is 9.99. The van der Waals surface area contributed by atoms with Crippen molar-refractivity contribution in [2.45, 2.75) is 44.1 Å². The van der Waals surface area contributed by atoms with E-state index in [4.69, 9.17) is 4.74 Å². The van der Waals surface area contributed by atoms with Crippen LogP contribution in [0.5, 0.6) is 5.88 Å². The Labute approximate surface area is 200 Å². The number of aliphatic hydroxyl groups is 1. The number of hydrogen-bond acceptors (Lipinski definition) is 10. The molecule has 11 nitrogen and oxygen atoms in total. The molecule has 1 aliphatic rings. The molecule has 1 fully saturated rings. The smallest absolute Gasteiger partial charge is 0.280 e. The second-order valence-corrected chi connectivity index (χ2v) is 10.7. The topological polar surface area (TPSA) is 156 Å². The van der Waals surface area contributed by atoms with E-state index in [0.717, 1.165) is 11.3 Å². The van der Waals surface area contributed by atoms with Gasteiger partial charge in [0, 0.05) is 12.4 Å². The first-order valence-corrected chi connectivity index (χ1v) is 13.0. The summed E-state index contributed by atoms with van der Waals surface area (Å²) in [6, 6.07) is 2.14. The Hall–Kier alpha value is -3.16. The molecule has 34 heavy (non-hydrogen) atoms. The summed E-state index contributed by atoms with van der Waals surface area (Å²) in [5.41, 5.74) is 1.15. The highest BCUT2D eigenvalue weighted by Crippen LogP contribution is 2.30. The van der Waals surface area contributed by atoms with Gasteiger partial charge in [0.15, 0.2) is 5.01 Å². The van der Waals surface area contributed by atoms with Crippen LogP contribution in [0.4, 0.5) is 5.69 Å². The predicted molar refractivity (Wildman–Crippen MR) is 126 cm³/mol. The minimum absolute atomic E-state index is 0.162. The van der Waals surface area contributed by atoms with Crippen molar-refractivity contribution in [3.8, 4) is 16.5 Å². The van der Waals surface area contributed by atoms with E-state index < -0.39 is 28.1 Å². The normalized spacial score (nSPS) is 15.4. The Morgan fingerprint density at radius 1 is 1.29 bits per heavy atom. The number of hydrogen-bond donors (Lipinski definition) is 3. The molecule has 0 aliphatic heterocycles. The number of thiazole rings is 1. The first-order valence-electron chi connectivity index (χ1n) is 10.6. The van der Waals surface area contributed by atoms with E-state index in [1.807, 2.05) is 6.92 Å². The quantitative estimate of drug-likeness (QED) is 0.376. The van der Waals surface area contributed by atoms with E-state index in [1.54, 1.807) is 6.20 Å². The lowest BCUT2D eigenvalue weighted by Gasteiger charge is -2.21. The van der Waals surface area contributed by atoms with Crippen molar-refractivity contribution in [1.82, 2.24) is 25.3 Å². The molecule has 2 atom stereocenters. The average molecular weight is 505 g/mol. The van der Waals surface area contributed by atoms with E-state index in [-0.39, 0.29) is 10.3 Å². The monoisotopic (exact) mass is 504 g/mol. The van der Waals surface area contributed by atoms with Crippen molar-refractivity contribution in [2.24, 2.45) is 0 Å². The Bertz CT molecular complexity index is 1280. The maximum Gasteiger partial charge on any atom is 0.280 e. The molecule has 0 spiro atoms. The van der Waals surface area contributed by atoms with Crippen molar-refractivity contribution < 1.29 is 23.1 Å². The van der Waals surface area contributed by atoms with E-state index in [0.29, 0.717) is 47.3 Å². The molecule has 3 heterocycles. The van der Waals surface area contributed by atoms with Crippen LogP contribution in [0.15, 0.2) is 36.9 Å². The van der Waals surface area contributed by atoms with Gasteiger partial charge in [-0.05, 0) is 38.8 Å². The molecule has 1 saturated carbocycles. The maximum absolute atomic E-state index is 12.9. The number of nitrogens with one attached hydrogen (secondary N) is 2.